The third-order valence-electron chi connectivity index (χ3n) is 9.62. The zero-order valence-corrected chi connectivity index (χ0v) is 29.4. The first-order valence-corrected chi connectivity index (χ1v) is 17.3. The van der Waals surface area contributed by atoms with E-state index in [-0.39, 0.29) is 30.0 Å². The molecule has 0 atom stereocenters. The van der Waals surface area contributed by atoms with Gasteiger partial charge in [-0.15, -0.1) is 0 Å². The fraction of sp³-hybridized carbons (Fsp3) is 0.462. The number of aryl methyl sites for hydroxylation is 2. The number of aromatic amines is 1. The van der Waals surface area contributed by atoms with E-state index < -0.39 is 0 Å². The van der Waals surface area contributed by atoms with Crippen molar-refractivity contribution < 1.29 is 14.3 Å². The lowest BCUT2D eigenvalue weighted by molar-refractivity contribution is -0.127. The number of aromatic nitrogens is 1. The molecule has 0 unspecified atom stereocenters. The number of nitrogens with zero attached hydrogens (tertiary/aromatic N) is 3. The minimum absolute atomic E-state index is 0.0772. The predicted octanol–water partition coefficient (Wildman–Crippen LogP) is 5.51. The molecule has 2 N–H and O–H groups in total. The van der Waals surface area contributed by atoms with E-state index in [0.717, 1.165) is 91.4 Å². The van der Waals surface area contributed by atoms with E-state index in [9.17, 15) is 14.4 Å². The summed E-state index contributed by atoms with van der Waals surface area (Å²) < 4.78 is 5.51. The van der Waals surface area contributed by atoms with Crippen molar-refractivity contribution in [1.82, 2.24) is 20.1 Å². The van der Waals surface area contributed by atoms with Crippen LogP contribution in [-0.4, -0.2) is 78.6 Å². The van der Waals surface area contributed by atoms with Crippen molar-refractivity contribution in [3.05, 3.63) is 98.0 Å². The molecule has 0 aliphatic carbocycles. The topological polar surface area (TPSA) is 98.0 Å². The minimum atomic E-state index is -0.211. The molecule has 2 aromatic carbocycles. The molecule has 3 heterocycles. The number of pyridine rings is 1. The fourth-order valence-corrected chi connectivity index (χ4v) is 6.95. The molecule has 3 aromatic rings. The SMILES string of the molecule is CCN(c1cc(-c2ccc(CN3CCOCC3)cc2)cc(C(=O)NCc2c(C)cc(C)[nH]c2=O)c1C)C1CCN(C(=O)C=C(C)C)CC1. The predicted molar refractivity (Wildman–Crippen MR) is 192 cm³/mol. The number of hydrogen-bond donors (Lipinski definition) is 2. The molecule has 48 heavy (non-hydrogen) atoms. The summed E-state index contributed by atoms with van der Waals surface area (Å²) in [4.78, 5) is 48.9. The third kappa shape index (κ3) is 8.44. The molecule has 9 nitrogen and oxygen atoms in total. The highest BCUT2D eigenvalue weighted by Crippen LogP contribution is 2.34. The highest BCUT2D eigenvalue weighted by Gasteiger charge is 2.28. The van der Waals surface area contributed by atoms with Crippen molar-refractivity contribution in [2.75, 3.05) is 50.8 Å². The summed E-state index contributed by atoms with van der Waals surface area (Å²) in [5, 5.41) is 3.05. The van der Waals surface area contributed by atoms with Crippen LogP contribution in [0, 0.1) is 20.8 Å². The van der Waals surface area contributed by atoms with Crippen LogP contribution in [0.1, 0.15) is 71.9 Å². The third-order valence-corrected chi connectivity index (χ3v) is 9.62. The maximum Gasteiger partial charge on any atom is 0.253 e. The Kier molecular flexibility index (Phi) is 11.5. The highest BCUT2D eigenvalue weighted by molar-refractivity contribution is 5.99. The van der Waals surface area contributed by atoms with Gasteiger partial charge in [-0.2, -0.15) is 0 Å². The lowest BCUT2D eigenvalue weighted by Crippen LogP contribution is -2.47. The van der Waals surface area contributed by atoms with Gasteiger partial charge in [0.05, 0.1) is 13.2 Å². The molecule has 256 valence electrons. The van der Waals surface area contributed by atoms with Crippen LogP contribution in [0.3, 0.4) is 0 Å². The van der Waals surface area contributed by atoms with Crippen molar-refractivity contribution in [3.8, 4) is 11.1 Å². The van der Waals surface area contributed by atoms with Gasteiger partial charge in [0.25, 0.3) is 11.5 Å². The van der Waals surface area contributed by atoms with Crippen LogP contribution in [0.5, 0.6) is 0 Å². The molecular weight excluding hydrogens is 602 g/mol. The van der Waals surface area contributed by atoms with Crippen LogP contribution in [0.25, 0.3) is 11.1 Å². The molecule has 9 heteroatoms. The number of allylic oxidation sites excluding steroid dienone is 1. The molecule has 5 rings (SSSR count). The van der Waals surface area contributed by atoms with Gasteiger partial charge in [0.1, 0.15) is 0 Å². The highest BCUT2D eigenvalue weighted by atomic mass is 16.5. The number of amides is 2. The Morgan fingerprint density at radius 3 is 2.29 bits per heavy atom. The van der Waals surface area contributed by atoms with E-state index in [1.54, 1.807) is 6.08 Å². The molecule has 2 fully saturated rings. The monoisotopic (exact) mass is 653 g/mol. The maximum atomic E-state index is 13.9. The van der Waals surface area contributed by atoms with Crippen molar-refractivity contribution in [2.24, 2.45) is 0 Å². The second-order valence-electron chi connectivity index (χ2n) is 13.4. The normalized spacial score (nSPS) is 15.7. The molecule has 0 saturated carbocycles. The van der Waals surface area contributed by atoms with Gasteiger partial charge in [0, 0.05) is 80.4 Å². The smallest absolute Gasteiger partial charge is 0.253 e. The summed E-state index contributed by atoms with van der Waals surface area (Å²) in [7, 11) is 0. The van der Waals surface area contributed by atoms with E-state index in [1.807, 2.05) is 51.7 Å². The molecule has 2 amide bonds. The molecular formula is C39H51N5O4. The van der Waals surface area contributed by atoms with E-state index >= 15 is 0 Å². The van der Waals surface area contributed by atoms with Gasteiger partial charge in [0.15, 0.2) is 0 Å². The molecule has 0 bridgehead atoms. The minimum Gasteiger partial charge on any atom is -0.379 e. The Hall–Kier alpha value is -4.21. The standard InChI is InChI=1S/C39H51N5O4/c1-7-44(33-12-14-43(15-13-33)37(45)20-26(2)3)36-23-32(31-10-8-30(9-11-31)25-42-16-18-48-19-17-42)22-34(29(36)6)38(46)40-24-35-27(4)21-28(5)41-39(35)47/h8-11,20-23,33H,7,12-19,24-25H2,1-6H3,(H,40,46)(H,41,47). The molecule has 0 radical (unpaired) electrons. The van der Waals surface area contributed by atoms with E-state index in [1.165, 1.54) is 5.56 Å². The lowest BCUT2D eigenvalue weighted by Gasteiger charge is -2.40. The van der Waals surface area contributed by atoms with Gasteiger partial charge >= 0.3 is 0 Å². The molecule has 0 spiro atoms. The van der Waals surface area contributed by atoms with Crippen molar-refractivity contribution >= 4 is 17.5 Å². The Balaban J connectivity index is 1.45. The number of nitrogens with one attached hydrogen (secondary N) is 2. The van der Waals surface area contributed by atoms with Crippen LogP contribution in [0.2, 0.25) is 0 Å². The van der Waals surface area contributed by atoms with Gasteiger partial charge < -0.3 is 24.8 Å². The number of likely N-dealkylation sites (tertiary alicyclic amines) is 1. The van der Waals surface area contributed by atoms with Gasteiger partial charge in [-0.25, -0.2) is 0 Å². The van der Waals surface area contributed by atoms with Crippen molar-refractivity contribution in [2.45, 2.75) is 73.5 Å². The van der Waals surface area contributed by atoms with Crippen LogP contribution in [0.15, 0.2) is 58.9 Å². The summed E-state index contributed by atoms with van der Waals surface area (Å²) in [5.41, 5.74) is 8.81. The first-order chi connectivity index (χ1) is 23.0. The zero-order valence-electron chi connectivity index (χ0n) is 29.4. The molecule has 2 saturated heterocycles. The maximum absolute atomic E-state index is 13.9. The number of anilines is 1. The van der Waals surface area contributed by atoms with E-state index in [4.69, 9.17) is 4.74 Å². The summed E-state index contributed by atoms with van der Waals surface area (Å²) in [6, 6.07) is 15.0. The van der Waals surface area contributed by atoms with Crippen molar-refractivity contribution in [3.63, 3.8) is 0 Å². The molecule has 1 aromatic heterocycles. The first-order valence-electron chi connectivity index (χ1n) is 17.3. The number of carbonyl (C=O) groups excluding carboxylic acids is 2. The number of H-pyrrole nitrogens is 1. The number of hydrogen-bond acceptors (Lipinski definition) is 6. The zero-order chi connectivity index (χ0) is 34.4. The van der Waals surface area contributed by atoms with Gasteiger partial charge in [-0.1, -0.05) is 29.8 Å². The summed E-state index contributed by atoms with van der Waals surface area (Å²) in [6.07, 6.45) is 3.43. The van der Waals surface area contributed by atoms with Crippen LogP contribution in [0.4, 0.5) is 5.69 Å². The van der Waals surface area contributed by atoms with Crippen molar-refractivity contribution in [1.29, 1.82) is 0 Å². The summed E-state index contributed by atoms with van der Waals surface area (Å²) in [5.74, 6) is -0.134. The number of morpholine rings is 1. The Bertz CT molecular complexity index is 1690. The fourth-order valence-electron chi connectivity index (χ4n) is 6.95. The van der Waals surface area contributed by atoms with Crippen LogP contribution < -0.4 is 15.8 Å². The van der Waals surface area contributed by atoms with Crippen LogP contribution in [-0.2, 0) is 22.6 Å². The lowest BCUT2D eigenvalue weighted by atomic mass is 9.94. The average Bonchev–Trinajstić information content (AvgIpc) is 3.06. The Labute approximate surface area is 285 Å². The Morgan fingerprint density at radius 1 is 0.979 bits per heavy atom. The Morgan fingerprint density at radius 2 is 1.67 bits per heavy atom. The van der Waals surface area contributed by atoms with Crippen LogP contribution >= 0.6 is 0 Å². The number of ether oxygens (including phenoxy) is 1. The van der Waals surface area contributed by atoms with Gasteiger partial charge in [-0.05, 0) is 100 Å². The quantitative estimate of drug-likeness (QED) is 0.280. The van der Waals surface area contributed by atoms with E-state index in [0.29, 0.717) is 24.2 Å². The summed E-state index contributed by atoms with van der Waals surface area (Å²) in [6.45, 7) is 18.4. The summed E-state index contributed by atoms with van der Waals surface area (Å²) >= 11 is 0. The number of rotatable bonds is 10. The number of carbonyl (C=O) groups is 2. The van der Waals surface area contributed by atoms with E-state index in [2.05, 4.69) is 57.4 Å². The second kappa shape index (κ2) is 15.8. The molecule has 2 aliphatic rings. The van der Waals surface area contributed by atoms with Gasteiger partial charge in [0.2, 0.25) is 5.91 Å². The number of piperidine rings is 1. The largest absolute Gasteiger partial charge is 0.379 e. The average molecular weight is 654 g/mol. The van der Waals surface area contributed by atoms with Gasteiger partial charge in [-0.3, -0.25) is 19.3 Å². The number of benzene rings is 2. The molecule has 2 aliphatic heterocycles. The first kappa shape index (κ1) is 35.1. The second-order valence-corrected chi connectivity index (χ2v) is 13.4.